The van der Waals surface area contributed by atoms with Crippen molar-refractivity contribution in [2.75, 3.05) is 13.2 Å². The summed E-state index contributed by atoms with van der Waals surface area (Å²) in [4.78, 5) is 0. The Morgan fingerprint density at radius 2 is 1.86 bits per heavy atom. The molecule has 1 unspecified atom stereocenters. The predicted octanol–water partition coefficient (Wildman–Crippen LogP) is 1.57. The molecular formula is C16H30O6. The summed E-state index contributed by atoms with van der Waals surface area (Å²) in [7, 11) is 0. The van der Waals surface area contributed by atoms with Gasteiger partial charge in [0, 0.05) is 6.61 Å². The van der Waals surface area contributed by atoms with Gasteiger partial charge in [-0.25, -0.2) is 0 Å². The van der Waals surface area contributed by atoms with Gasteiger partial charge in [0.05, 0.1) is 6.61 Å². The van der Waals surface area contributed by atoms with Gasteiger partial charge in [0.15, 0.2) is 12.1 Å². The highest BCUT2D eigenvalue weighted by Gasteiger charge is 2.56. The van der Waals surface area contributed by atoms with E-state index in [4.69, 9.17) is 18.9 Å². The van der Waals surface area contributed by atoms with E-state index in [0.29, 0.717) is 6.61 Å². The van der Waals surface area contributed by atoms with Gasteiger partial charge in [0.25, 0.3) is 0 Å². The molecule has 0 bridgehead atoms. The predicted molar refractivity (Wildman–Crippen MR) is 80.3 cm³/mol. The molecule has 0 aromatic heterocycles. The number of hydrogen-bond acceptors (Lipinski definition) is 6. The number of aliphatic hydroxyl groups excluding tert-OH is 2. The van der Waals surface area contributed by atoms with Crippen molar-refractivity contribution in [1.82, 2.24) is 0 Å². The van der Waals surface area contributed by atoms with E-state index < -0.39 is 30.4 Å². The van der Waals surface area contributed by atoms with E-state index in [0.717, 1.165) is 12.8 Å². The summed E-state index contributed by atoms with van der Waals surface area (Å²) in [5.74, 6) is -0.715. The van der Waals surface area contributed by atoms with Crippen LogP contribution in [0.2, 0.25) is 0 Å². The Morgan fingerprint density at radius 1 is 1.14 bits per heavy atom. The molecule has 2 aliphatic heterocycles. The molecule has 0 spiro atoms. The normalized spacial score (nSPS) is 34.8. The second-order valence-corrected chi connectivity index (χ2v) is 6.57. The molecule has 6 nitrogen and oxygen atoms in total. The quantitative estimate of drug-likeness (QED) is 0.629. The molecule has 0 amide bonds. The lowest BCUT2D eigenvalue weighted by Gasteiger charge is -2.28. The van der Waals surface area contributed by atoms with Gasteiger partial charge in [0.1, 0.15) is 24.4 Å². The van der Waals surface area contributed by atoms with Crippen molar-refractivity contribution in [3.8, 4) is 0 Å². The largest absolute Gasteiger partial charge is 0.394 e. The third-order valence-electron chi connectivity index (χ3n) is 4.15. The molecule has 2 fully saturated rings. The Bertz CT molecular complexity index is 335. The zero-order chi connectivity index (χ0) is 16.2. The van der Waals surface area contributed by atoms with Crippen molar-refractivity contribution in [3.05, 3.63) is 0 Å². The SMILES string of the molecule is CCCCCCCO[C@H]1C([C@H](O)CO)O[C@@H]2OC(C)(C)O[C@@H]21. The minimum Gasteiger partial charge on any atom is -0.394 e. The minimum absolute atomic E-state index is 0.364. The molecule has 2 aliphatic rings. The summed E-state index contributed by atoms with van der Waals surface area (Å²) >= 11 is 0. The van der Waals surface area contributed by atoms with E-state index >= 15 is 0 Å². The van der Waals surface area contributed by atoms with Crippen LogP contribution >= 0.6 is 0 Å². The Balaban J connectivity index is 1.85. The van der Waals surface area contributed by atoms with Gasteiger partial charge < -0.3 is 29.2 Å². The molecule has 0 aromatic rings. The van der Waals surface area contributed by atoms with Gasteiger partial charge in [-0.05, 0) is 20.3 Å². The fourth-order valence-electron chi connectivity index (χ4n) is 3.03. The second-order valence-electron chi connectivity index (χ2n) is 6.57. The number of rotatable bonds is 9. The average molecular weight is 318 g/mol. The molecule has 6 heteroatoms. The van der Waals surface area contributed by atoms with Gasteiger partial charge in [-0.2, -0.15) is 0 Å². The molecule has 5 atom stereocenters. The highest BCUT2D eigenvalue weighted by Crippen LogP contribution is 2.39. The van der Waals surface area contributed by atoms with E-state index in [1.165, 1.54) is 19.3 Å². The van der Waals surface area contributed by atoms with Crippen LogP contribution in [0, 0.1) is 0 Å². The van der Waals surface area contributed by atoms with Crippen LogP contribution in [0.4, 0.5) is 0 Å². The molecule has 0 saturated carbocycles. The Hall–Kier alpha value is -0.240. The molecule has 0 aromatic carbocycles. The monoisotopic (exact) mass is 318 g/mol. The summed E-state index contributed by atoms with van der Waals surface area (Å²) in [6.45, 7) is 6.07. The maximum absolute atomic E-state index is 9.92. The maximum Gasteiger partial charge on any atom is 0.190 e. The molecule has 2 N–H and O–H groups in total. The van der Waals surface area contributed by atoms with Crippen LogP contribution in [-0.2, 0) is 18.9 Å². The Morgan fingerprint density at radius 3 is 2.55 bits per heavy atom. The first-order valence-electron chi connectivity index (χ1n) is 8.40. The molecule has 0 aliphatic carbocycles. The van der Waals surface area contributed by atoms with Crippen LogP contribution in [-0.4, -0.2) is 59.9 Å². The first-order chi connectivity index (χ1) is 10.5. The Labute approximate surface area is 132 Å². The van der Waals surface area contributed by atoms with Gasteiger partial charge in [-0.15, -0.1) is 0 Å². The zero-order valence-electron chi connectivity index (χ0n) is 13.9. The van der Waals surface area contributed by atoms with Gasteiger partial charge >= 0.3 is 0 Å². The van der Waals surface area contributed by atoms with Crippen LogP contribution in [0.25, 0.3) is 0 Å². The van der Waals surface area contributed by atoms with Crippen LogP contribution in [0.1, 0.15) is 52.9 Å². The summed E-state index contributed by atoms with van der Waals surface area (Å²) in [6, 6.07) is 0. The van der Waals surface area contributed by atoms with E-state index in [-0.39, 0.29) is 12.7 Å². The number of ether oxygens (including phenoxy) is 4. The van der Waals surface area contributed by atoms with Crippen molar-refractivity contribution < 1.29 is 29.2 Å². The van der Waals surface area contributed by atoms with Gasteiger partial charge in [-0.3, -0.25) is 0 Å². The summed E-state index contributed by atoms with van der Waals surface area (Å²) < 4.78 is 23.1. The number of unbranched alkanes of at least 4 members (excludes halogenated alkanes) is 4. The van der Waals surface area contributed by atoms with Gasteiger partial charge in [-0.1, -0.05) is 32.6 Å². The van der Waals surface area contributed by atoms with Crippen LogP contribution in [0.15, 0.2) is 0 Å². The summed E-state index contributed by atoms with van der Waals surface area (Å²) in [6.07, 6.45) is 2.83. The fourth-order valence-corrected chi connectivity index (χ4v) is 3.03. The third-order valence-corrected chi connectivity index (χ3v) is 4.15. The molecular weight excluding hydrogens is 288 g/mol. The fraction of sp³-hybridized carbons (Fsp3) is 1.00. The smallest absolute Gasteiger partial charge is 0.190 e. The average Bonchev–Trinajstić information content (AvgIpc) is 2.94. The van der Waals surface area contributed by atoms with Crippen molar-refractivity contribution in [2.24, 2.45) is 0 Å². The number of aliphatic hydroxyl groups is 2. The van der Waals surface area contributed by atoms with E-state index in [1.54, 1.807) is 0 Å². The second kappa shape index (κ2) is 8.04. The van der Waals surface area contributed by atoms with E-state index in [9.17, 15) is 10.2 Å². The summed E-state index contributed by atoms with van der Waals surface area (Å²) in [5, 5.41) is 19.1. The number of hydrogen-bond donors (Lipinski definition) is 2. The van der Waals surface area contributed by atoms with Crippen LogP contribution in [0.3, 0.4) is 0 Å². The molecule has 2 saturated heterocycles. The standard InChI is InChI=1S/C16H30O6/c1-4-5-6-7-8-9-19-13-12(11(18)10-17)20-15-14(13)21-16(2,3)22-15/h11-15,17-18H,4-10H2,1-3H3/t11-,12?,13+,14-,15-/m1/s1. The topological polar surface area (TPSA) is 77.4 Å². The lowest BCUT2D eigenvalue weighted by Crippen LogP contribution is -2.44. The molecule has 2 heterocycles. The zero-order valence-corrected chi connectivity index (χ0v) is 13.9. The van der Waals surface area contributed by atoms with Crippen LogP contribution < -0.4 is 0 Å². The maximum atomic E-state index is 9.92. The van der Waals surface area contributed by atoms with Crippen molar-refractivity contribution >= 4 is 0 Å². The highest BCUT2D eigenvalue weighted by molar-refractivity contribution is 4.96. The molecule has 0 radical (unpaired) electrons. The lowest BCUT2D eigenvalue weighted by atomic mass is 10.1. The molecule has 22 heavy (non-hydrogen) atoms. The molecule has 130 valence electrons. The number of fused-ring (bicyclic) bond motifs is 1. The third kappa shape index (κ3) is 4.40. The van der Waals surface area contributed by atoms with E-state index in [2.05, 4.69) is 6.92 Å². The van der Waals surface area contributed by atoms with Gasteiger partial charge in [0.2, 0.25) is 0 Å². The van der Waals surface area contributed by atoms with E-state index in [1.807, 2.05) is 13.8 Å². The van der Waals surface area contributed by atoms with Crippen LogP contribution in [0.5, 0.6) is 0 Å². The Kier molecular flexibility index (Phi) is 6.61. The highest BCUT2D eigenvalue weighted by atomic mass is 16.8. The first kappa shape index (κ1) is 18.1. The van der Waals surface area contributed by atoms with Crippen molar-refractivity contribution in [1.29, 1.82) is 0 Å². The minimum atomic E-state index is -0.994. The molecule has 2 rings (SSSR count). The summed E-state index contributed by atoms with van der Waals surface area (Å²) in [5.41, 5.74) is 0. The first-order valence-corrected chi connectivity index (χ1v) is 8.40. The van der Waals surface area contributed by atoms with Crippen molar-refractivity contribution in [2.45, 2.75) is 89.4 Å². The lowest BCUT2D eigenvalue weighted by molar-refractivity contribution is -0.231. The van der Waals surface area contributed by atoms with Crippen molar-refractivity contribution in [3.63, 3.8) is 0 Å².